The van der Waals surface area contributed by atoms with Crippen LogP contribution in [0.2, 0.25) is 0 Å². The van der Waals surface area contributed by atoms with Gasteiger partial charge in [-0.25, -0.2) is 0 Å². The summed E-state index contributed by atoms with van der Waals surface area (Å²) in [6.07, 6.45) is 5.95. The first-order chi connectivity index (χ1) is 13.2. The molecule has 0 saturated heterocycles. The van der Waals surface area contributed by atoms with Gasteiger partial charge in [0.15, 0.2) is 12.5 Å². The Kier molecular flexibility index (Phi) is 5.05. The predicted molar refractivity (Wildman–Crippen MR) is 106 cm³/mol. The number of methoxy groups -OCH3 is 1. The number of hydrogen-bond donors (Lipinski definition) is 1. The number of hydrogen-bond acceptors (Lipinski definition) is 4. The number of pyridine rings is 1. The highest BCUT2D eigenvalue weighted by atomic mass is 32.1. The molecule has 0 radical (unpaired) electrons. The van der Waals surface area contributed by atoms with Crippen molar-refractivity contribution in [1.82, 2.24) is 19.3 Å². The lowest BCUT2D eigenvalue weighted by atomic mass is 10.2. The second-order valence-corrected chi connectivity index (χ2v) is 7.45. The molecule has 6 nitrogen and oxygen atoms in total. The van der Waals surface area contributed by atoms with Gasteiger partial charge in [-0.1, -0.05) is 0 Å². The Hall–Kier alpha value is -2.51. The summed E-state index contributed by atoms with van der Waals surface area (Å²) in [5.41, 5.74) is 2.32. The van der Waals surface area contributed by atoms with Crippen molar-refractivity contribution in [2.24, 2.45) is 0 Å². The molecule has 1 aliphatic rings. The van der Waals surface area contributed by atoms with Gasteiger partial charge < -0.3 is 9.64 Å². The average molecular weight is 383 g/mol. The van der Waals surface area contributed by atoms with E-state index in [4.69, 9.17) is 22.1 Å². The van der Waals surface area contributed by atoms with Crippen LogP contribution in [0.5, 0.6) is 5.75 Å². The minimum atomic E-state index is 0.483. The predicted octanol–water partition coefficient (Wildman–Crippen LogP) is 2.49. The summed E-state index contributed by atoms with van der Waals surface area (Å²) in [6.45, 7) is 1.62. The molecule has 27 heavy (non-hydrogen) atoms. The van der Waals surface area contributed by atoms with Crippen molar-refractivity contribution in [3.63, 3.8) is 0 Å². The van der Waals surface area contributed by atoms with Gasteiger partial charge in [0, 0.05) is 29.6 Å². The largest absolute Gasteiger partial charge is 0.497 e. The van der Waals surface area contributed by atoms with Crippen LogP contribution in [0.3, 0.4) is 0 Å². The number of aromatic nitrogens is 4. The number of nitrogens with zero attached hydrogens (tertiary/aromatic N) is 4. The molecule has 140 valence electrons. The van der Waals surface area contributed by atoms with Gasteiger partial charge in [0.05, 0.1) is 14.2 Å². The zero-order valence-electron chi connectivity index (χ0n) is 15.6. The first kappa shape index (κ1) is 17.9. The standard InChI is InChI=1S/C20H23N5OS/c1-23(13-15-3-7-18(26-2)8-4-15)14-24-20(27)25(17-5-6-17)19(22-24)16-9-11-21-12-10-16/h3-4,7-12,17H,5-6,13-14H2,1-2H3/p+1. The van der Waals surface area contributed by atoms with Gasteiger partial charge in [0.2, 0.25) is 4.77 Å². The highest BCUT2D eigenvalue weighted by Gasteiger charge is 2.29. The van der Waals surface area contributed by atoms with Crippen molar-refractivity contribution in [3.05, 3.63) is 59.1 Å². The Bertz CT molecular complexity index is 960. The van der Waals surface area contributed by atoms with E-state index < -0.39 is 0 Å². The lowest BCUT2D eigenvalue weighted by molar-refractivity contribution is -0.917. The smallest absolute Gasteiger partial charge is 0.203 e. The third-order valence-electron chi connectivity index (χ3n) is 4.81. The van der Waals surface area contributed by atoms with Crippen molar-refractivity contribution in [2.75, 3.05) is 14.2 Å². The highest BCUT2D eigenvalue weighted by molar-refractivity contribution is 7.71. The molecule has 1 aliphatic carbocycles. The summed E-state index contributed by atoms with van der Waals surface area (Å²) < 4.78 is 10.2. The van der Waals surface area contributed by atoms with E-state index in [1.807, 2.05) is 28.9 Å². The van der Waals surface area contributed by atoms with E-state index in [2.05, 4.69) is 28.7 Å². The molecule has 0 amide bonds. The second kappa shape index (κ2) is 7.62. The molecule has 0 spiro atoms. The average Bonchev–Trinajstić information content (AvgIpc) is 3.48. The van der Waals surface area contributed by atoms with Crippen LogP contribution in [-0.4, -0.2) is 33.5 Å². The van der Waals surface area contributed by atoms with Crippen molar-refractivity contribution >= 4 is 12.2 Å². The van der Waals surface area contributed by atoms with Gasteiger partial charge in [-0.2, -0.15) is 4.68 Å². The summed E-state index contributed by atoms with van der Waals surface area (Å²) in [7, 11) is 3.85. The van der Waals surface area contributed by atoms with Crippen LogP contribution in [0.4, 0.5) is 0 Å². The highest BCUT2D eigenvalue weighted by Crippen LogP contribution is 2.38. The number of nitrogens with one attached hydrogen (secondary N) is 1. The Morgan fingerprint density at radius 3 is 2.48 bits per heavy atom. The topological polar surface area (TPSA) is 49.3 Å². The number of quaternary nitrogens is 1. The van der Waals surface area contributed by atoms with Crippen LogP contribution in [0, 0.1) is 4.77 Å². The van der Waals surface area contributed by atoms with Crippen LogP contribution in [0.1, 0.15) is 24.4 Å². The summed E-state index contributed by atoms with van der Waals surface area (Å²) in [4.78, 5) is 5.43. The maximum Gasteiger partial charge on any atom is 0.203 e. The minimum Gasteiger partial charge on any atom is -0.497 e. The fourth-order valence-corrected chi connectivity index (χ4v) is 3.63. The summed E-state index contributed by atoms with van der Waals surface area (Å²) in [6, 6.07) is 12.7. The molecule has 3 aromatic rings. The van der Waals surface area contributed by atoms with Crippen molar-refractivity contribution in [1.29, 1.82) is 0 Å². The SMILES string of the molecule is COc1ccc(C[NH+](C)Cn2nc(-c3ccncc3)n(C3CC3)c2=S)cc1. The second-order valence-electron chi connectivity index (χ2n) is 7.08. The molecule has 0 bridgehead atoms. The fraction of sp³-hybridized carbons (Fsp3) is 0.350. The molecule has 1 aromatic carbocycles. The Balaban J connectivity index is 1.55. The van der Waals surface area contributed by atoms with Gasteiger partial charge in [-0.3, -0.25) is 9.55 Å². The zero-order valence-corrected chi connectivity index (χ0v) is 16.4. The number of benzene rings is 1. The monoisotopic (exact) mass is 382 g/mol. The van der Waals surface area contributed by atoms with Crippen LogP contribution in [0.25, 0.3) is 11.4 Å². The van der Waals surface area contributed by atoms with E-state index in [0.717, 1.165) is 35.1 Å². The van der Waals surface area contributed by atoms with E-state index in [1.165, 1.54) is 23.3 Å². The lowest BCUT2D eigenvalue weighted by Crippen LogP contribution is -3.07. The molecule has 0 aliphatic heterocycles. The van der Waals surface area contributed by atoms with E-state index in [1.54, 1.807) is 19.5 Å². The molecular formula is C20H24N5OS+. The van der Waals surface area contributed by atoms with Crippen molar-refractivity contribution < 1.29 is 9.64 Å². The third-order valence-corrected chi connectivity index (χ3v) is 5.21. The Labute approximate surface area is 164 Å². The van der Waals surface area contributed by atoms with Gasteiger partial charge in [0.1, 0.15) is 12.3 Å². The van der Waals surface area contributed by atoms with Gasteiger partial charge >= 0.3 is 0 Å². The zero-order chi connectivity index (χ0) is 18.8. The molecule has 1 atom stereocenters. The van der Waals surface area contributed by atoms with E-state index >= 15 is 0 Å². The molecule has 2 heterocycles. The van der Waals surface area contributed by atoms with Crippen LogP contribution < -0.4 is 9.64 Å². The lowest BCUT2D eigenvalue weighted by Gasteiger charge is -2.14. The minimum absolute atomic E-state index is 0.483. The van der Waals surface area contributed by atoms with Crippen LogP contribution in [0.15, 0.2) is 48.8 Å². The maximum atomic E-state index is 5.76. The van der Waals surface area contributed by atoms with E-state index in [-0.39, 0.29) is 0 Å². The molecule has 1 fully saturated rings. The molecule has 1 saturated carbocycles. The maximum absolute atomic E-state index is 5.76. The van der Waals surface area contributed by atoms with E-state index in [0.29, 0.717) is 6.04 Å². The first-order valence-corrected chi connectivity index (χ1v) is 9.60. The van der Waals surface area contributed by atoms with Crippen molar-refractivity contribution in [2.45, 2.75) is 32.1 Å². The van der Waals surface area contributed by atoms with Gasteiger partial charge in [-0.15, -0.1) is 5.10 Å². The Morgan fingerprint density at radius 2 is 1.85 bits per heavy atom. The normalized spacial score (nSPS) is 14.9. The van der Waals surface area contributed by atoms with Crippen LogP contribution >= 0.6 is 12.2 Å². The molecule has 4 rings (SSSR count). The molecule has 1 unspecified atom stereocenters. The molecule has 2 aromatic heterocycles. The summed E-state index contributed by atoms with van der Waals surface area (Å²) in [5, 5.41) is 4.86. The van der Waals surface area contributed by atoms with E-state index in [9.17, 15) is 0 Å². The summed E-state index contributed by atoms with van der Waals surface area (Å²) >= 11 is 5.76. The quantitative estimate of drug-likeness (QED) is 0.638. The van der Waals surface area contributed by atoms with Gasteiger partial charge in [0.25, 0.3) is 0 Å². The molecule has 7 heteroatoms. The number of rotatable bonds is 7. The van der Waals surface area contributed by atoms with Gasteiger partial charge in [-0.05, 0) is 61.5 Å². The molecular weight excluding hydrogens is 358 g/mol. The number of ether oxygens (including phenoxy) is 1. The summed E-state index contributed by atoms with van der Waals surface area (Å²) in [5.74, 6) is 1.82. The fourth-order valence-electron chi connectivity index (χ4n) is 3.29. The first-order valence-electron chi connectivity index (χ1n) is 9.19. The molecule has 1 N–H and O–H groups in total. The van der Waals surface area contributed by atoms with Crippen molar-refractivity contribution in [3.8, 4) is 17.1 Å². The van der Waals surface area contributed by atoms with Crippen LogP contribution in [-0.2, 0) is 13.2 Å². The third kappa shape index (κ3) is 3.94. The Morgan fingerprint density at radius 1 is 1.15 bits per heavy atom.